The molecule has 0 amide bonds. The number of benzene rings is 1. The van der Waals surface area contributed by atoms with Crippen LogP contribution in [0.4, 0.5) is 0 Å². The van der Waals surface area contributed by atoms with Crippen molar-refractivity contribution < 1.29 is 23.9 Å². The second kappa shape index (κ2) is 7.93. The summed E-state index contributed by atoms with van der Waals surface area (Å²) in [7, 11) is 1.26. The molecule has 26 heavy (non-hydrogen) atoms. The van der Waals surface area contributed by atoms with Crippen LogP contribution in [0.2, 0.25) is 10.0 Å². The predicted molar refractivity (Wildman–Crippen MR) is 97.3 cm³/mol. The predicted octanol–water partition coefficient (Wildman–Crippen LogP) is 4.15. The molecule has 0 aliphatic rings. The number of carbonyl (C=O) groups is 3. The summed E-state index contributed by atoms with van der Waals surface area (Å²) >= 11 is 11.7. The number of carbonyl (C=O) groups excluding carboxylic acids is 3. The van der Waals surface area contributed by atoms with Crippen LogP contribution in [0.15, 0.2) is 18.2 Å². The second-order valence-electron chi connectivity index (χ2n) is 5.66. The highest BCUT2D eigenvalue weighted by Gasteiger charge is 2.27. The lowest BCUT2D eigenvalue weighted by atomic mass is 10.1. The molecule has 0 saturated heterocycles. The van der Waals surface area contributed by atoms with E-state index in [-0.39, 0.29) is 16.3 Å². The molecule has 1 atom stereocenters. The van der Waals surface area contributed by atoms with Crippen LogP contribution >= 0.6 is 23.2 Å². The van der Waals surface area contributed by atoms with Gasteiger partial charge in [0, 0.05) is 5.69 Å². The summed E-state index contributed by atoms with van der Waals surface area (Å²) in [6.07, 6.45) is -1.07. The number of aromatic nitrogens is 1. The quantitative estimate of drug-likeness (QED) is 0.604. The number of aromatic amines is 1. The van der Waals surface area contributed by atoms with Crippen LogP contribution in [0.5, 0.6) is 0 Å². The summed E-state index contributed by atoms with van der Waals surface area (Å²) in [6, 6.07) is 4.28. The molecule has 2 rings (SSSR count). The number of halogens is 2. The maximum absolute atomic E-state index is 12.6. The zero-order valence-corrected chi connectivity index (χ0v) is 16.1. The van der Waals surface area contributed by atoms with Crippen molar-refractivity contribution in [3.05, 3.63) is 56.3 Å². The molecule has 0 unspecified atom stereocenters. The maximum atomic E-state index is 12.6. The molecule has 6 nitrogen and oxygen atoms in total. The van der Waals surface area contributed by atoms with Crippen LogP contribution in [0.1, 0.15) is 49.4 Å². The van der Waals surface area contributed by atoms with Gasteiger partial charge in [0.15, 0.2) is 6.10 Å². The lowest BCUT2D eigenvalue weighted by Crippen LogP contribution is -2.25. The molecule has 0 fully saturated rings. The Hall–Kier alpha value is -2.31. The first-order chi connectivity index (χ1) is 12.2. The number of Topliss-reactive ketones (excluding diaryl/α,β-unsaturated/α-hetero) is 1. The largest absolute Gasteiger partial charge is 0.465 e. The van der Waals surface area contributed by atoms with Crippen LogP contribution in [0.3, 0.4) is 0 Å². The van der Waals surface area contributed by atoms with Gasteiger partial charge in [0.05, 0.1) is 34.0 Å². The van der Waals surface area contributed by atoms with Gasteiger partial charge in [-0.25, -0.2) is 9.59 Å². The van der Waals surface area contributed by atoms with Crippen molar-refractivity contribution in [2.75, 3.05) is 7.11 Å². The van der Waals surface area contributed by atoms with Crippen molar-refractivity contribution in [1.82, 2.24) is 4.98 Å². The average molecular weight is 398 g/mol. The van der Waals surface area contributed by atoms with Crippen molar-refractivity contribution in [2.45, 2.75) is 26.9 Å². The van der Waals surface area contributed by atoms with Crippen LogP contribution in [0, 0.1) is 13.8 Å². The molecular formula is C18H17Cl2NO5. The summed E-state index contributed by atoms with van der Waals surface area (Å²) in [6.45, 7) is 4.73. The van der Waals surface area contributed by atoms with Gasteiger partial charge in [-0.1, -0.05) is 23.2 Å². The highest BCUT2D eigenvalue weighted by Crippen LogP contribution is 2.24. The average Bonchev–Trinajstić information content (AvgIpc) is 2.90. The van der Waals surface area contributed by atoms with Gasteiger partial charge in [-0.2, -0.15) is 0 Å². The molecule has 0 aliphatic heterocycles. The van der Waals surface area contributed by atoms with E-state index in [2.05, 4.69) is 4.98 Å². The smallest absolute Gasteiger partial charge is 0.339 e. The molecule has 0 saturated carbocycles. The molecule has 1 aromatic heterocycles. The topological polar surface area (TPSA) is 85.5 Å². The minimum atomic E-state index is -1.07. The lowest BCUT2D eigenvalue weighted by Gasteiger charge is -2.12. The Labute approximate surface area is 160 Å². The van der Waals surface area contributed by atoms with Gasteiger partial charge in [0.1, 0.15) is 0 Å². The highest BCUT2D eigenvalue weighted by atomic mass is 35.5. The van der Waals surface area contributed by atoms with E-state index in [0.717, 1.165) is 0 Å². The Morgan fingerprint density at radius 3 is 2.31 bits per heavy atom. The Kier molecular flexibility index (Phi) is 6.10. The number of aryl methyl sites for hydroxylation is 1. The third kappa shape index (κ3) is 3.92. The van der Waals surface area contributed by atoms with E-state index in [4.69, 9.17) is 32.7 Å². The van der Waals surface area contributed by atoms with Crippen LogP contribution in [-0.4, -0.2) is 35.9 Å². The summed E-state index contributed by atoms with van der Waals surface area (Å²) in [5.41, 5.74) is 1.60. The molecule has 138 valence electrons. The van der Waals surface area contributed by atoms with Crippen LogP contribution in [0.25, 0.3) is 0 Å². The molecule has 0 spiro atoms. The van der Waals surface area contributed by atoms with Gasteiger partial charge in [0.2, 0.25) is 5.78 Å². The third-order valence-electron chi connectivity index (χ3n) is 3.88. The minimum Gasteiger partial charge on any atom is -0.465 e. The fraction of sp³-hybridized carbons (Fsp3) is 0.278. The standard InChI is InChI=1S/C18H17Cl2NO5/c1-8-14(18(24)25-4)9(2)21-15(8)16(22)10(3)26-17(23)11-5-6-12(19)13(20)7-11/h5-7,10,21H,1-4H3/t10-/m1/s1. The summed E-state index contributed by atoms with van der Waals surface area (Å²) in [5, 5.41) is 0.513. The van der Waals surface area contributed by atoms with Crippen molar-refractivity contribution in [3.8, 4) is 0 Å². The van der Waals surface area contributed by atoms with E-state index in [9.17, 15) is 14.4 Å². The minimum absolute atomic E-state index is 0.175. The van der Waals surface area contributed by atoms with E-state index in [0.29, 0.717) is 21.8 Å². The zero-order valence-electron chi connectivity index (χ0n) is 14.6. The number of nitrogens with one attached hydrogen (secondary N) is 1. The molecule has 1 N–H and O–H groups in total. The van der Waals surface area contributed by atoms with Crippen molar-refractivity contribution in [2.24, 2.45) is 0 Å². The number of rotatable bonds is 5. The van der Waals surface area contributed by atoms with Crippen LogP contribution in [-0.2, 0) is 9.47 Å². The van der Waals surface area contributed by atoms with E-state index >= 15 is 0 Å². The lowest BCUT2D eigenvalue weighted by molar-refractivity contribution is 0.0316. The zero-order chi connectivity index (χ0) is 19.6. The monoisotopic (exact) mass is 397 g/mol. The van der Waals surface area contributed by atoms with Crippen LogP contribution < -0.4 is 0 Å². The number of hydrogen-bond acceptors (Lipinski definition) is 5. The normalized spacial score (nSPS) is 11.8. The van der Waals surface area contributed by atoms with Crippen molar-refractivity contribution in [1.29, 1.82) is 0 Å². The Morgan fingerprint density at radius 2 is 1.73 bits per heavy atom. The van der Waals surface area contributed by atoms with Gasteiger partial charge in [-0.05, 0) is 44.5 Å². The van der Waals surface area contributed by atoms with E-state index in [1.165, 1.54) is 32.2 Å². The summed E-state index contributed by atoms with van der Waals surface area (Å²) in [5.74, 6) is -1.72. The Balaban J connectivity index is 2.21. The molecule has 0 bridgehead atoms. The first-order valence-electron chi connectivity index (χ1n) is 7.65. The van der Waals surface area contributed by atoms with Crippen molar-refractivity contribution in [3.63, 3.8) is 0 Å². The molecule has 0 aliphatic carbocycles. The van der Waals surface area contributed by atoms with Gasteiger partial charge in [-0.3, -0.25) is 4.79 Å². The van der Waals surface area contributed by atoms with Gasteiger partial charge >= 0.3 is 11.9 Å². The highest BCUT2D eigenvalue weighted by molar-refractivity contribution is 6.42. The summed E-state index contributed by atoms with van der Waals surface area (Å²) < 4.78 is 9.93. The molecule has 8 heteroatoms. The summed E-state index contributed by atoms with van der Waals surface area (Å²) in [4.78, 5) is 39.5. The molecule has 1 heterocycles. The first-order valence-corrected chi connectivity index (χ1v) is 8.40. The van der Waals surface area contributed by atoms with E-state index in [1.54, 1.807) is 13.8 Å². The fourth-order valence-electron chi connectivity index (χ4n) is 2.51. The number of esters is 2. The Morgan fingerprint density at radius 1 is 1.08 bits per heavy atom. The molecular weight excluding hydrogens is 381 g/mol. The Bertz CT molecular complexity index is 888. The number of methoxy groups -OCH3 is 1. The molecule has 2 aromatic rings. The van der Waals surface area contributed by atoms with Gasteiger partial charge in [-0.15, -0.1) is 0 Å². The molecule has 0 radical (unpaired) electrons. The second-order valence-corrected chi connectivity index (χ2v) is 6.47. The number of hydrogen-bond donors (Lipinski definition) is 1. The van der Waals surface area contributed by atoms with Crippen molar-refractivity contribution >= 4 is 40.9 Å². The molecule has 1 aromatic carbocycles. The maximum Gasteiger partial charge on any atom is 0.339 e. The SMILES string of the molecule is COC(=O)c1c(C)[nH]c(C(=O)[C@@H](C)OC(=O)c2ccc(Cl)c(Cl)c2)c1C. The number of H-pyrrole nitrogens is 1. The fourth-order valence-corrected chi connectivity index (χ4v) is 2.81. The number of ether oxygens (including phenoxy) is 2. The van der Waals surface area contributed by atoms with Gasteiger partial charge < -0.3 is 14.5 Å². The van der Waals surface area contributed by atoms with E-state index in [1.807, 2.05) is 0 Å². The van der Waals surface area contributed by atoms with E-state index < -0.39 is 23.8 Å². The third-order valence-corrected chi connectivity index (χ3v) is 4.62. The number of ketones is 1. The van der Waals surface area contributed by atoms with Gasteiger partial charge in [0.25, 0.3) is 0 Å². The first kappa shape index (κ1) is 20.0.